The first-order chi connectivity index (χ1) is 13.0. The van der Waals surface area contributed by atoms with Gasteiger partial charge in [0.25, 0.3) is 5.69 Å². The van der Waals surface area contributed by atoms with Crippen LogP contribution in [0.3, 0.4) is 0 Å². The van der Waals surface area contributed by atoms with E-state index in [1.165, 1.54) is 12.1 Å². The van der Waals surface area contributed by atoms with E-state index in [0.29, 0.717) is 22.8 Å². The number of carbonyl (C=O) groups excluding carboxylic acids is 1. The first kappa shape index (κ1) is 22.1. The van der Waals surface area contributed by atoms with E-state index >= 15 is 0 Å². The van der Waals surface area contributed by atoms with E-state index in [0.717, 1.165) is 18.7 Å². The molecule has 1 fully saturated rings. The molecule has 0 saturated carbocycles. The summed E-state index contributed by atoms with van der Waals surface area (Å²) in [5.41, 5.74) is 2.23. The molecule has 0 spiro atoms. The van der Waals surface area contributed by atoms with Crippen LogP contribution in [0.15, 0.2) is 42.5 Å². The Hall–Kier alpha value is -2.19. The number of non-ortho nitro benzene ring substituents is 1. The third-order valence-corrected chi connectivity index (χ3v) is 5.00. The van der Waals surface area contributed by atoms with Crippen LogP contribution in [0.1, 0.15) is 17.2 Å². The van der Waals surface area contributed by atoms with E-state index in [1.54, 1.807) is 13.0 Å². The molecule has 3 rings (SSSR count). The van der Waals surface area contributed by atoms with E-state index in [9.17, 15) is 14.9 Å². The van der Waals surface area contributed by atoms with Crippen LogP contribution in [0, 0.1) is 17.0 Å². The summed E-state index contributed by atoms with van der Waals surface area (Å²) in [6.07, 6.45) is 0. The van der Waals surface area contributed by atoms with Crippen LogP contribution in [0.5, 0.6) is 0 Å². The predicted octanol–water partition coefficient (Wildman–Crippen LogP) is 3.56. The lowest BCUT2D eigenvalue weighted by molar-refractivity contribution is -0.384. The quantitative estimate of drug-likeness (QED) is 0.565. The molecule has 1 heterocycles. The Morgan fingerprint density at radius 3 is 2.79 bits per heavy atom. The fourth-order valence-electron chi connectivity index (χ4n) is 3.26. The monoisotopic (exact) mass is 424 g/mol. The summed E-state index contributed by atoms with van der Waals surface area (Å²) < 4.78 is 0. The van der Waals surface area contributed by atoms with E-state index in [4.69, 9.17) is 11.6 Å². The molecule has 2 aromatic carbocycles. The Labute approximate surface area is 174 Å². The smallest absolute Gasteiger partial charge is 0.269 e. The third-order valence-electron chi connectivity index (χ3n) is 4.66. The zero-order chi connectivity index (χ0) is 19.4. The average Bonchev–Trinajstić information content (AvgIpc) is 2.64. The zero-order valence-corrected chi connectivity index (χ0v) is 16.9. The van der Waals surface area contributed by atoms with E-state index < -0.39 is 4.92 Å². The molecule has 1 unspecified atom stereocenters. The normalized spacial score (nSPS) is 16.9. The van der Waals surface area contributed by atoms with Crippen molar-refractivity contribution in [3.8, 4) is 0 Å². The Kier molecular flexibility index (Phi) is 7.77. The lowest BCUT2D eigenvalue weighted by Gasteiger charge is -2.36. The van der Waals surface area contributed by atoms with E-state index in [-0.39, 0.29) is 36.6 Å². The molecule has 9 heteroatoms. The molecule has 0 bridgehead atoms. The molecule has 1 aliphatic heterocycles. The highest BCUT2D eigenvalue weighted by Crippen LogP contribution is 2.28. The SMILES string of the molecule is Cc1cc([N+](=O)[O-])ccc1NC(=O)CN1CCNCC1c1ccccc1Cl.Cl. The number of hydrogen-bond acceptors (Lipinski definition) is 5. The number of carbonyl (C=O) groups is 1. The van der Waals surface area contributed by atoms with Crippen molar-refractivity contribution in [2.24, 2.45) is 0 Å². The molecule has 2 N–H and O–H groups in total. The van der Waals surface area contributed by atoms with Gasteiger partial charge in [0.1, 0.15) is 0 Å². The fraction of sp³-hybridized carbons (Fsp3) is 0.316. The van der Waals surface area contributed by atoms with Gasteiger partial charge in [0.05, 0.1) is 11.5 Å². The molecular formula is C19H22Cl2N4O3. The third kappa shape index (κ3) is 5.20. The number of aryl methyl sites for hydroxylation is 1. The van der Waals surface area contributed by atoms with Gasteiger partial charge in [-0.1, -0.05) is 29.8 Å². The zero-order valence-electron chi connectivity index (χ0n) is 15.4. The van der Waals surface area contributed by atoms with Crippen LogP contribution in [-0.2, 0) is 4.79 Å². The average molecular weight is 425 g/mol. The summed E-state index contributed by atoms with van der Waals surface area (Å²) in [7, 11) is 0. The van der Waals surface area contributed by atoms with Crippen LogP contribution in [0.2, 0.25) is 5.02 Å². The molecule has 0 aromatic heterocycles. The Morgan fingerprint density at radius 2 is 2.11 bits per heavy atom. The number of nitrogens with zero attached hydrogens (tertiary/aromatic N) is 2. The van der Waals surface area contributed by atoms with Gasteiger partial charge in [-0.15, -0.1) is 12.4 Å². The maximum Gasteiger partial charge on any atom is 0.269 e. The van der Waals surface area contributed by atoms with Gasteiger partial charge in [-0.3, -0.25) is 19.8 Å². The van der Waals surface area contributed by atoms with Crippen LogP contribution < -0.4 is 10.6 Å². The van der Waals surface area contributed by atoms with Crippen molar-refractivity contribution in [1.82, 2.24) is 10.2 Å². The van der Waals surface area contributed by atoms with Crippen molar-refractivity contribution < 1.29 is 9.72 Å². The van der Waals surface area contributed by atoms with Crippen molar-refractivity contribution >= 4 is 41.3 Å². The van der Waals surface area contributed by atoms with Crippen molar-refractivity contribution in [1.29, 1.82) is 0 Å². The Bertz CT molecular complexity index is 863. The Balaban J connectivity index is 0.00000280. The molecule has 1 amide bonds. The highest BCUT2D eigenvalue weighted by Gasteiger charge is 2.27. The molecule has 7 nitrogen and oxygen atoms in total. The van der Waals surface area contributed by atoms with Gasteiger partial charge >= 0.3 is 0 Å². The molecule has 1 saturated heterocycles. The molecule has 1 aliphatic rings. The first-order valence-electron chi connectivity index (χ1n) is 8.70. The fourth-order valence-corrected chi connectivity index (χ4v) is 3.53. The largest absolute Gasteiger partial charge is 0.325 e. The standard InChI is InChI=1S/C19H21ClN4O3.ClH/c1-13-10-14(24(26)27)6-7-17(13)22-19(25)12-23-9-8-21-11-18(23)15-4-2-3-5-16(15)20;/h2-7,10,18,21H,8-9,11-12H2,1H3,(H,22,25);1H. The number of rotatable bonds is 5. The number of nitrogens with one attached hydrogen (secondary N) is 2. The minimum atomic E-state index is -0.451. The lowest BCUT2D eigenvalue weighted by Crippen LogP contribution is -2.48. The van der Waals surface area contributed by atoms with E-state index in [1.807, 2.05) is 24.3 Å². The summed E-state index contributed by atoms with van der Waals surface area (Å²) in [6.45, 7) is 4.19. The molecule has 1 atom stereocenters. The van der Waals surface area contributed by atoms with Crippen molar-refractivity contribution in [3.05, 3.63) is 68.7 Å². The predicted molar refractivity (Wildman–Crippen MR) is 112 cm³/mol. The summed E-state index contributed by atoms with van der Waals surface area (Å²) in [5, 5.41) is 17.7. The Morgan fingerprint density at radius 1 is 1.36 bits per heavy atom. The van der Waals surface area contributed by atoms with Crippen LogP contribution in [0.25, 0.3) is 0 Å². The minimum Gasteiger partial charge on any atom is -0.325 e. The van der Waals surface area contributed by atoms with Gasteiger partial charge in [-0.25, -0.2) is 0 Å². The van der Waals surface area contributed by atoms with Gasteiger partial charge in [-0.2, -0.15) is 0 Å². The minimum absolute atomic E-state index is 0. The summed E-state index contributed by atoms with van der Waals surface area (Å²) in [4.78, 5) is 25.1. The van der Waals surface area contributed by atoms with Crippen LogP contribution in [-0.4, -0.2) is 41.9 Å². The highest BCUT2D eigenvalue weighted by molar-refractivity contribution is 6.31. The second kappa shape index (κ2) is 9.84. The lowest BCUT2D eigenvalue weighted by atomic mass is 10.0. The second-order valence-electron chi connectivity index (χ2n) is 6.52. The van der Waals surface area contributed by atoms with Gasteiger partial charge in [0.2, 0.25) is 5.91 Å². The van der Waals surface area contributed by atoms with Crippen molar-refractivity contribution in [3.63, 3.8) is 0 Å². The number of hydrogen-bond donors (Lipinski definition) is 2. The summed E-state index contributed by atoms with van der Waals surface area (Å²) in [6, 6.07) is 12.1. The number of nitro groups is 1. The summed E-state index contributed by atoms with van der Waals surface area (Å²) >= 11 is 6.34. The van der Waals surface area contributed by atoms with Gasteiger partial charge in [0.15, 0.2) is 0 Å². The molecular weight excluding hydrogens is 403 g/mol. The molecule has 150 valence electrons. The number of piperazine rings is 1. The highest BCUT2D eigenvalue weighted by atomic mass is 35.5. The van der Waals surface area contributed by atoms with Gasteiger partial charge in [-0.05, 0) is 30.2 Å². The molecule has 0 radical (unpaired) electrons. The van der Waals surface area contributed by atoms with Crippen molar-refractivity contribution in [2.45, 2.75) is 13.0 Å². The van der Waals surface area contributed by atoms with Gasteiger partial charge in [0, 0.05) is 48.5 Å². The number of nitro benzene ring substituents is 1. The van der Waals surface area contributed by atoms with Crippen LogP contribution >= 0.6 is 24.0 Å². The maximum absolute atomic E-state index is 12.6. The number of anilines is 1. The van der Waals surface area contributed by atoms with Gasteiger partial charge < -0.3 is 10.6 Å². The maximum atomic E-state index is 12.6. The van der Waals surface area contributed by atoms with Crippen molar-refractivity contribution in [2.75, 3.05) is 31.5 Å². The molecule has 0 aliphatic carbocycles. The second-order valence-corrected chi connectivity index (χ2v) is 6.92. The number of amides is 1. The topological polar surface area (TPSA) is 87.5 Å². The molecule has 2 aromatic rings. The van der Waals surface area contributed by atoms with E-state index in [2.05, 4.69) is 15.5 Å². The number of halogens is 2. The first-order valence-corrected chi connectivity index (χ1v) is 9.07. The number of benzene rings is 2. The summed E-state index contributed by atoms with van der Waals surface area (Å²) in [5.74, 6) is -0.161. The van der Waals surface area contributed by atoms with Crippen LogP contribution in [0.4, 0.5) is 11.4 Å². The molecule has 28 heavy (non-hydrogen) atoms.